The van der Waals surface area contributed by atoms with Crippen LogP contribution in [0.4, 0.5) is 15.0 Å². The van der Waals surface area contributed by atoms with Crippen LogP contribution in [0.15, 0.2) is 30.7 Å². The Labute approximate surface area is 128 Å². The summed E-state index contributed by atoms with van der Waals surface area (Å²) >= 11 is 0. The van der Waals surface area contributed by atoms with Gasteiger partial charge in [-0.15, -0.1) is 0 Å². The number of anilines is 1. The fraction of sp³-hybridized carbons (Fsp3) is 0.400. The van der Waals surface area contributed by atoms with E-state index in [4.69, 9.17) is 0 Å². The maximum absolute atomic E-state index is 12.8. The van der Waals surface area contributed by atoms with E-state index in [1.807, 2.05) is 12.4 Å². The molecule has 0 saturated carbocycles. The molecule has 1 unspecified atom stereocenters. The average Bonchev–Trinajstić information content (AvgIpc) is 2.97. The second kappa shape index (κ2) is 6.13. The Morgan fingerprint density at radius 1 is 1.50 bits per heavy atom. The van der Waals surface area contributed by atoms with Gasteiger partial charge in [-0.2, -0.15) is 0 Å². The minimum Gasteiger partial charge on any atom is -0.335 e. The number of aryl methyl sites for hydroxylation is 1. The third kappa shape index (κ3) is 3.24. The summed E-state index contributed by atoms with van der Waals surface area (Å²) in [5.74, 6) is 1.39. The van der Waals surface area contributed by atoms with Gasteiger partial charge in [-0.3, -0.25) is 5.32 Å². The van der Waals surface area contributed by atoms with Gasteiger partial charge in [0.2, 0.25) is 0 Å². The molecule has 6 nitrogen and oxygen atoms in total. The normalized spacial score (nSPS) is 16.9. The number of hydrogen-bond acceptors (Lipinski definition) is 3. The first-order valence-corrected chi connectivity index (χ1v) is 7.25. The standard InChI is InChI=1S/C15H18FN5O/c1-20(15(22)19-13-3-2-12(16)9-18-13)10-11-4-6-21-7-5-17-14(21)8-11/h2-3,5,7,9,11H,4,6,8,10H2,1H3,(H,18,19,22). The Morgan fingerprint density at radius 2 is 2.36 bits per heavy atom. The Morgan fingerprint density at radius 3 is 3.14 bits per heavy atom. The SMILES string of the molecule is CN(CC1CCn2ccnc2C1)C(=O)Nc1ccc(F)cn1. The number of halogens is 1. The molecule has 1 N–H and O–H groups in total. The molecule has 2 aromatic rings. The van der Waals surface area contributed by atoms with E-state index >= 15 is 0 Å². The molecule has 3 heterocycles. The monoisotopic (exact) mass is 303 g/mol. The van der Waals surface area contributed by atoms with Gasteiger partial charge in [0.1, 0.15) is 17.5 Å². The molecular weight excluding hydrogens is 285 g/mol. The molecular formula is C15H18FN5O. The Kier molecular flexibility index (Phi) is 4.04. The molecule has 7 heteroatoms. The molecule has 1 atom stereocenters. The van der Waals surface area contributed by atoms with Crippen molar-refractivity contribution < 1.29 is 9.18 Å². The highest BCUT2D eigenvalue weighted by molar-refractivity contribution is 5.88. The van der Waals surface area contributed by atoms with E-state index in [1.54, 1.807) is 11.9 Å². The number of nitrogens with one attached hydrogen (secondary N) is 1. The largest absolute Gasteiger partial charge is 0.335 e. The fourth-order valence-electron chi connectivity index (χ4n) is 2.70. The first-order valence-electron chi connectivity index (χ1n) is 7.25. The number of rotatable bonds is 3. The Balaban J connectivity index is 1.54. The predicted molar refractivity (Wildman–Crippen MR) is 79.9 cm³/mol. The zero-order valence-corrected chi connectivity index (χ0v) is 12.4. The number of hydrogen-bond donors (Lipinski definition) is 1. The molecule has 0 fully saturated rings. The molecule has 0 aromatic carbocycles. The van der Waals surface area contributed by atoms with Crippen LogP contribution < -0.4 is 5.32 Å². The van der Waals surface area contributed by atoms with Crippen LogP contribution in [0.25, 0.3) is 0 Å². The van der Waals surface area contributed by atoms with Crippen molar-refractivity contribution in [2.75, 3.05) is 18.9 Å². The van der Waals surface area contributed by atoms with Crippen LogP contribution in [0, 0.1) is 11.7 Å². The molecule has 116 valence electrons. The first kappa shape index (κ1) is 14.5. The minimum atomic E-state index is -0.427. The van der Waals surface area contributed by atoms with Crippen molar-refractivity contribution in [3.8, 4) is 0 Å². The molecule has 0 radical (unpaired) electrons. The van der Waals surface area contributed by atoms with Gasteiger partial charge in [0.15, 0.2) is 0 Å². The lowest BCUT2D eigenvalue weighted by Gasteiger charge is -2.27. The van der Waals surface area contributed by atoms with Crippen molar-refractivity contribution in [2.45, 2.75) is 19.4 Å². The van der Waals surface area contributed by atoms with Crippen LogP contribution in [0.5, 0.6) is 0 Å². The van der Waals surface area contributed by atoms with Crippen LogP contribution in [0.1, 0.15) is 12.2 Å². The molecule has 22 heavy (non-hydrogen) atoms. The summed E-state index contributed by atoms with van der Waals surface area (Å²) in [4.78, 5) is 21.9. The average molecular weight is 303 g/mol. The van der Waals surface area contributed by atoms with Crippen molar-refractivity contribution >= 4 is 11.8 Å². The van der Waals surface area contributed by atoms with E-state index in [1.165, 1.54) is 12.1 Å². The summed E-state index contributed by atoms with van der Waals surface area (Å²) in [7, 11) is 1.75. The lowest BCUT2D eigenvalue weighted by molar-refractivity contribution is 0.207. The highest BCUT2D eigenvalue weighted by Crippen LogP contribution is 2.20. The van der Waals surface area contributed by atoms with E-state index in [-0.39, 0.29) is 6.03 Å². The van der Waals surface area contributed by atoms with E-state index in [0.29, 0.717) is 18.3 Å². The van der Waals surface area contributed by atoms with Gasteiger partial charge in [-0.25, -0.2) is 19.2 Å². The maximum atomic E-state index is 12.8. The van der Waals surface area contributed by atoms with Crippen LogP contribution in [0.3, 0.4) is 0 Å². The fourth-order valence-corrected chi connectivity index (χ4v) is 2.70. The second-order valence-corrected chi connectivity index (χ2v) is 5.57. The van der Waals surface area contributed by atoms with E-state index in [0.717, 1.165) is 31.4 Å². The molecule has 1 aliphatic rings. The second-order valence-electron chi connectivity index (χ2n) is 5.57. The summed E-state index contributed by atoms with van der Waals surface area (Å²) in [5.41, 5.74) is 0. The van der Waals surface area contributed by atoms with Gasteiger partial charge in [-0.1, -0.05) is 0 Å². The summed E-state index contributed by atoms with van der Waals surface area (Å²) in [5, 5.41) is 2.66. The van der Waals surface area contributed by atoms with Gasteiger partial charge >= 0.3 is 6.03 Å². The number of nitrogens with zero attached hydrogens (tertiary/aromatic N) is 4. The molecule has 0 saturated heterocycles. The molecule has 0 bridgehead atoms. The van der Waals surface area contributed by atoms with Crippen LogP contribution in [0.2, 0.25) is 0 Å². The summed E-state index contributed by atoms with van der Waals surface area (Å²) in [6, 6.07) is 2.47. The zero-order valence-electron chi connectivity index (χ0n) is 12.4. The smallest absolute Gasteiger partial charge is 0.322 e. The van der Waals surface area contributed by atoms with Crippen molar-refractivity contribution in [1.29, 1.82) is 0 Å². The van der Waals surface area contributed by atoms with Gasteiger partial charge in [0, 0.05) is 39.0 Å². The first-order chi connectivity index (χ1) is 10.6. The van der Waals surface area contributed by atoms with Crippen molar-refractivity contribution in [2.24, 2.45) is 5.92 Å². The molecule has 2 aromatic heterocycles. The minimum absolute atomic E-state index is 0.243. The van der Waals surface area contributed by atoms with Crippen molar-refractivity contribution in [3.63, 3.8) is 0 Å². The number of carbonyl (C=O) groups excluding carboxylic acids is 1. The van der Waals surface area contributed by atoms with Gasteiger partial charge < -0.3 is 9.47 Å². The van der Waals surface area contributed by atoms with Crippen LogP contribution in [-0.4, -0.2) is 39.1 Å². The number of fused-ring (bicyclic) bond motifs is 1. The third-order valence-corrected chi connectivity index (χ3v) is 3.89. The van der Waals surface area contributed by atoms with Gasteiger partial charge in [0.25, 0.3) is 0 Å². The highest BCUT2D eigenvalue weighted by Gasteiger charge is 2.22. The lowest BCUT2D eigenvalue weighted by Crippen LogP contribution is -2.37. The quantitative estimate of drug-likeness (QED) is 0.945. The third-order valence-electron chi connectivity index (χ3n) is 3.89. The lowest BCUT2D eigenvalue weighted by atomic mass is 9.97. The number of urea groups is 1. The topological polar surface area (TPSA) is 63.1 Å². The Hall–Kier alpha value is -2.44. The van der Waals surface area contributed by atoms with Gasteiger partial charge in [0.05, 0.1) is 6.20 Å². The number of pyridine rings is 1. The van der Waals surface area contributed by atoms with Crippen LogP contribution >= 0.6 is 0 Å². The van der Waals surface area contributed by atoms with E-state index in [9.17, 15) is 9.18 Å². The summed E-state index contributed by atoms with van der Waals surface area (Å²) in [6.07, 6.45) is 6.78. The van der Waals surface area contributed by atoms with Gasteiger partial charge in [-0.05, 0) is 24.5 Å². The predicted octanol–water partition coefficient (Wildman–Crippen LogP) is 2.14. The molecule has 0 spiro atoms. The number of aromatic nitrogens is 3. The highest BCUT2D eigenvalue weighted by atomic mass is 19.1. The molecule has 1 aliphatic heterocycles. The number of imidazole rings is 1. The van der Waals surface area contributed by atoms with Crippen molar-refractivity contribution in [1.82, 2.24) is 19.4 Å². The van der Waals surface area contributed by atoms with E-state index < -0.39 is 5.82 Å². The summed E-state index contributed by atoms with van der Waals surface area (Å²) < 4.78 is 14.9. The zero-order chi connectivity index (χ0) is 15.5. The summed E-state index contributed by atoms with van der Waals surface area (Å²) in [6.45, 7) is 1.59. The molecule has 2 amide bonds. The van der Waals surface area contributed by atoms with E-state index in [2.05, 4.69) is 19.9 Å². The van der Waals surface area contributed by atoms with Crippen molar-refractivity contribution in [3.05, 3.63) is 42.4 Å². The maximum Gasteiger partial charge on any atom is 0.322 e. The molecule has 0 aliphatic carbocycles. The Bertz CT molecular complexity index is 654. The number of amides is 2. The molecule has 3 rings (SSSR count). The van der Waals surface area contributed by atoms with Crippen LogP contribution in [-0.2, 0) is 13.0 Å². The number of carbonyl (C=O) groups is 1.